The van der Waals surface area contributed by atoms with E-state index in [1.54, 1.807) is 7.11 Å². The van der Waals surface area contributed by atoms with E-state index in [4.69, 9.17) is 4.74 Å². The lowest BCUT2D eigenvalue weighted by Crippen LogP contribution is -2.42. The Morgan fingerprint density at radius 1 is 0.950 bits per heavy atom. The number of rotatable bonds is 5. The summed E-state index contributed by atoms with van der Waals surface area (Å²) in [5, 5.41) is 10.5. The number of methoxy groups -OCH3 is 1. The van der Waals surface area contributed by atoms with E-state index in [9.17, 15) is 5.11 Å². The maximum absolute atomic E-state index is 10.5. The molecular formula is C17H35NO2. The van der Waals surface area contributed by atoms with Gasteiger partial charge in [0.1, 0.15) is 0 Å². The molecule has 20 heavy (non-hydrogen) atoms. The van der Waals surface area contributed by atoms with Gasteiger partial charge in [-0.1, -0.05) is 51.4 Å². The predicted octanol–water partition coefficient (Wildman–Crippen LogP) is 3.60. The normalized spacial score (nSPS) is 27.0. The second-order valence-electron chi connectivity index (χ2n) is 6.37. The van der Waals surface area contributed by atoms with Crippen LogP contribution in [0, 0.1) is 0 Å². The summed E-state index contributed by atoms with van der Waals surface area (Å²) in [5.74, 6) is 0. The number of aliphatic hydroxyl groups is 1. The van der Waals surface area contributed by atoms with E-state index in [0.29, 0.717) is 6.04 Å². The molecule has 3 nitrogen and oxygen atoms in total. The van der Waals surface area contributed by atoms with E-state index in [1.165, 1.54) is 51.4 Å². The van der Waals surface area contributed by atoms with Gasteiger partial charge >= 0.3 is 0 Å². The van der Waals surface area contributed by atoms with Crippen LogP contribution in [-0.2, 0) is 4.74 Å². The van der Waals surface area contributed by atoms with Crippen molar-refractivity contribution in [2.75, 3.05) is 27.3 Å². The van der Waals surface area contributed by atoms with Crippen molar-refractivity contribution < 1.29 is 9.84 Å². The fourth-order valence-corrected chi connectivity index (χ4v) is 3.29. The lowest BCUT2D eigenvalue weighted by Gasteiger charge is -2.32. The van der Waals surface area contributed by atoms with Gasteiger partial charge in [-0.3, -0.25) is 0 Å². The molecule has 1 rings (SSSR count). The van der Waals surface area contributed by atoms with Crippen LogP contribution in [0.2, 0.25) is 0 Å². The summed E-state index contributed by atoms with van der Waals surface area (Å²) in [7, 11) is 3.92. The first-order valence-corrected chi connectivity index (χ1v) is 8.63. The number of ether oxygens (including phenoxy) is 1. The van der Waals surface area contributed by atoms with Crippen molar-refractivity contribution in [3.8, 4) is 0 Å². The summed E-state index contributed by atoms with van der Waals surface area (Å²) < 4.78 is 5.13. The minimum atomic E-state index is -0.151. The van der Waals surface area contributed by atoms with E-state index in [-0.39, 0.29) is 6.10 Å². The summed E-state index contributed by atoms with van der Waals surface area (Å²) in [6.45, 7) is 1.84. The molecule has 3 heteroatoms. The second-order valence-corrected chi connectivity index (χ2v) is 6.37. The lowest BCUT2D eigenvalue weighted by atomic mass is 9.95. The fraction of sp³-hybridized carbons (Fsp3) is 1.00. The molecule has 0 bridgehead atoms. The van der Waals surface area contributed by atoms with Crippen LogP contribution in [0.4, 0.5) is 0 Å². The Morgan fingerprint density at radius 3 is 2.10 bits per heavy atom. The highest BCUT2D eigenvalue weighted by Crippen LogP contribution is 2.20. The lowest BCUT2D eigenvalue weighted by molar-refractivity contribution is 0.0442. The fourth-order valence-electron chi connectivity index (χ4n) is 3.29. The molecule has 1 aliphatic carbocycles. The Balaban J connectivity index is 2.42. The Kier molecular flexibility index (Phi) is 10.3. The first-order valence-electron chi connectivity index (χ1n) is 8.63. The SMILES string of the molecule is COCCCN(C)C1CCCCCCCCCCC1O. The molecule has 0 radical (unpaired) electrons. The quantitative estimate of drug-likeness (QED) is 0.783. The van der Waals surface area contributed by atoms with Crippen molar-refractivity contribution in [2.24, 2.45) is 0 Å². The second kappa shape index (κ2) is 11.5. The third-order valence-corrected chi connectivity index (χ3v) is 4.62. The standard InChI is InChI=1S/C17H35NO2/c1-18(14-11-15-20-2)16-12-9-7-5-3-4-6-8-10-13-17(16)19/h16-17,19H,3-15H2,1-2H3. The number of likely N-dealkylation sites (N-methyl/N-ethyl adjacent to an activating group) is 1. The summed E-state index contributed by atoms with van der Waals surface area (Å²) in [4.78, 5) is 2.36. The molecule has 0 aromatic carbocycles. The molecule has 2 unspecified atom stereocenters. The van der Waals surface area contributed by atoms with Gasteiger partial charge in [-0.15, -0.1) is 0 Å². The Bertz CT molecular complexity index is 219. The van der Waals surface area contributed by atoms with Crippen molar-refractivity contribution in [1.29, 1.82) is 0 Å². The molecule has 0 aromatic rings. The van der Waals surface area contributed by atoms with Gasteiger partial charge in [-0.05, 0) is 26.3 Å². The molecule has 0 saturated heterocycles. The van der Waals surface area contributed by atoms with Gasteiger partial charge in [0.25, 0.3) is 0 Å². The monoisotopic (exact) mass is 285 g/mol. The van der Waals surface area contributed by atoms with Crippen molar-refractivity contribution in [3.05, 3.63) is 0 Å². The molecule has 1 fully saturated rings. The van der Waals surface area contributed by atoms with Crippen molar-refractivity contribution in [3.63, 3.8) is 0 Å². The molecule has 0 aliphatic heterocycles. The average Bonchev–Trinajstić information content (AvgIpc) is 2.43. The molecule has 0 spiro atoms. The third kappa shape index (κ3) is 7.61. The topological polar surface area (TPSA) is 32.7 Å². The minimum absolute atomic E-state index is 0.151. The Morgan fingerprint density at radius 2 is 1.50 bits per heavy atom. The van der Waals surface area contributed by atoms with Crippen LogP contribution in [0.3, 0.4) is 0 Å². The van der Waals surface area contributed by atoms with Crippen molar-refractivity contribution in [1.82, 2.24) is 4.90 Å². The highest BCUT2D eigenvalue weighted by Gasteiger charge is 2.22. The third-order valence-electron chi connectivity index (χ3n) is 4.62. The van der Waals surface area contributed by atoms with Crippen LogP contribution in [0.1, 0.15) is 70.6 Å². The highest BCUT2D eigenvalue weighted by molar-refractivity contribution is 4.78. The van der Waals surface area contributed by atoms with Crippen molar-refractivity contribution in [2.45, 2.75) is 82.8 Å². The van der Waals surface area contributed by atoms with Gasteiger partial charge in [-0.25, -0.2) is 0 Å². The summed E-state index contributed by atoms with van der Waals surface area (Å²) in [5.41, 5.74) is 0. The predicted molar refractivity (Wildman–Crippen MR) is 85.1 cm³/mol. The molecule has 1 N–H and O–H groups in total. The Labute approximate surface area is 125 Å². The van der Waals surface area contributed by atoms with Gasteiger partial charge in [-0.2, -0.15) is 0 Å². The van der Waals surface area contributed by atoms with Crippen LogP contribution in [-0.4, -0.2) is 49.5 Å². The molecule has 1 aliphatic rings. The molecule has 0 heterocycles. The maximum atomic E-state index is 10.5. The first-order chi connectivity index (χ1) is 9.75. The smallest absolute Gasteiger partial charge is 0.0695 e. The van der Waals surface area contributed by atoms with E-state index < -0.39 is 0 Å². The van der Waals surface area contributed by atoms with E-state index in [1.807, 2.05) is 0 Å². The summed E-state index contributed by atoms with van der Waals surface area (Å²) in [6.07, 6.45) is 13.6. The Hall–Kier alpha value is -0.120. The van der Waals surface area contributed by atoms with Gasteiger partial charge in [0.15, 0.2) is 0 Å². The van der Waals surface area contributed by atoms with Gasteiger partial charge in [0.05, 0.1) is 6.10 Å². The van der Waals surface area contributed by atoms with Crippen LogP contribution in [0.25, 0.3) is 0 Å². The highest BCUT2D eigenvalue weighted by atomic mass is 16.5. The minimum Gasteiger partial charge on any atom is -0.391 e. The molecule has 2 atom stereocenters. The van der Waals surface area contributed by atoms with Crippen LogP contribution in [0.15, 0.2) is 0 Å². The van der Waals surface area contributed by atoms with Gasteiger partial charge in [0.2, 0.25) is 0 Å². The number of hydrogen-bond acceptors (Lipinski definition) is 3. The van der Waals surface area contributed by atoms with E-state index in [0.717, 1.165) is 32.4 Å². The summed E-state index contributed by atoms with van der Waals surface area (Å²) in [6, 6.07) is 0.339. The van der Waals surface area contributed by atoms with Crippen molar-refractivity contribution >= 4 is 0 Å². The van der Waals surface area contributed by atoms with E-state index in [2.05, 4.69) is 11.9 Å². The zero-order chi connectivity index (χ0) is 14.6. The zero-order valence-corrected chi connectivity index (χ0v) is 13.6. The largest absolute Gasteiger partial charge is 0.391 e. The molecule has 120 valence electrons. The first kappa shape index (κ1) is 17.9. The van der Waals surface area contributed by atoms with Crippen LogP contribution >= 0.6 is 0 Å². The number of aliphatic hydroxyl groups excluding tert-OH is 1. The van der Waals surface area contributed by atoms with Crippen LogP contribution < -0.4 is 0 Å². The van der Waals surface area contributed by atoms with E-state index >= 15 is 0 Å². The summed E-state index contributed by atoms with van der Waals surface area (Å²) >= 11 is 0. The molecule has 0 aromatic heterocycles. The molecule has 0 amide bonds. The molecule has 1 saturated carbocycles. The number of hydrogen-bond donors (Lipinski definition) is 1. The van der Waals surface area contributed by atoms with Crippen LogP contribution in [0.5, 0.6) is 0 Å². The average molecular weight is 285 g/mol. The van der Waals surface area contributed by atoms with Gasteiger partial charge in [0, 0.05) is 26.3 Å². The molecular weight excluding hydrogens is 250 g/mol. The zero-order valence-electron chi connectivity index (χ0n) is 13.6. The maximum Gasteiger partial charge on any atom is 0.0695 e. The van der Waals surface area contributed by atoms with Gasteiger partial charge < -0.3 is 14.7 Å². The number of nitrogens with zero attached hydrogens (tertiary/aromatic N) is 1.